The molecule has 1 heterocycles. The Kier molecular flexibility index (Phi) is 0.670. The number of hydrogen-bond acceptors (Lipinski definition) is 1. The first kappa shape index (κ1) is 3.46. The standard InChI is InChI=1S/C3H6N2O.H/c6-3-4-1-2-5-3;/h1-2H2,(H2,4,5,6);. The molecule has 0 unspecified atom stereocenters. The van der Waals surface area contributed by atoms with Gasteiger partial charge in [-0.2, -0.15) is 0 Å². The molecule has 0 aliphatic carbocycles. The number of carbonyl (C=O) groups excluding carboxylic acids is 1. The summed E-state index contributed by atoms with van der Waals surface area (Å²) in [6.07, 6.45) is 0. The Morgan fingerprint density at radius 1 is 1.50 bits per heavy atom. The summed E-state index contributed by atoms with van der Waals surface area (Å²) in [5.74, 6) is 0. The maximum Gasteiger partial charge on any atom is 0.314 e. The van der Waals surface area contributed by atoms with Crippen molar-refractivity contribution in [1.82, 2.24) is 10.6 Å². The fourth-order valence-corrected chi connectivity index (χ4v) is 0.415. The zero-order chi connectivity index (χ0) is 4.41. The van der Waals surface area contributed by atoms with E-state index in [9.17, 15) is 4.79 Å². The van der Waals surface area contributed by atoms with Crippen molar-refractivity contribution in [3.05, 3.63) is 0 Å². The van der Waals surface area contributed by atoms with Crippen LogP contribution in [-0.4, -0.2) is 19.1 Å². The quantitative estimate of drug-likeness (QED) is 0.407. The number of urea groups is 1. The Labute approximate surface area is 37.2 Å². The number of nitrogens with one attached hydrogen (secondary N) is 2. The Morgan fingerprint density at radius 3 is 2.17 bits per heavy atom. The van der Waals surface area contributed by atoms with E-state index in [1.807, 2.05) is 0 Å². The van der Waals surface area contributed by atoms with Crippen LogP contribution in [0.5, 0.6) is 0 Å². The summed E-state index contributed by atoms with van der Waals surface area (Å²) in [5, 5.41) is 5.14. The minimum atomic E-state index is -0.0463. The molecule has 35 valence electrons. The van der Waals surface area contributed by atoms with Gasteiger partial charge in [-0.3, -0.25) is 0 Å². The third kappa shape index (κ3) is 0.429. The van der Waals surface area contributed by atoms with Gasteiger partial charge in [-0.05, 0) is 0 Å². The maximum absolute atomic E-state index is 10.0. The second-order valence-corrected chi connectivity index (χ2v) is 1.18. The second-order valence-electron chi connectivity index (χ2n) is 1.18. The van der Waals surface area contributed by atoms with Gasteiger partial charge in [0, 0.05) is 14.5 Å². The highest BCUT2D eigenvalue weighted by molar-refractivity contribution is 5.75. The van der Waals surface area contributed by atoms with Crippen LogP contribution in [0, 0.1) is 0 Å². The topological polar surface area (TPSA) is 41.1 Å². The molecule has 0 aromatic heterocycles. The molecule has 2 amide bonds. The van der Waals surface area contributed by atoms with Crippen LogP contribution in [0.4, 0.5) is 4.79 Å². The normalized spacial score (nSPS) is 19.7. The van der Waals surface area contributed by atoms with Crippen molar-refractivity contribution >= 4 is 6.03 Å². The largest absolute Gasteiger partial charge is 0.336 e. The molecule has 1 aliphatic heterocycles. The summed E-state index contributed by atoms with van der Waals surface area (Å²) in [5.41, 5.74) is 0. The van der Waals surface area contributed by atoms with E-state index in [0.29, 0.717) is 0 Å². The van der Waals surface area contributed by atoms with Crippen molar-refractivity contribution in [2.75, 3.05) is 13.1 Å². The lowest BCUT2D eigenvalue weighted by Crippen LogP contribution is -2.20. The molecule has 0 atom stereocenters. The van der Waals surface area contributed by atoms with Crippen LogP contribution in [0.2, 0.25) is 0 Å². The predicted molar refractivity (Wildman–Crippen MR) is 22.5 cm³/mol. The van der Waals surface area contributed by atoms with Gasteiger partial charge in [-0.1, -0.05) is 0 Å². The van der Waals surface area contributed by atoms with E-state index in [0.717, 1.165) is 13.1 Å². The number of rotatable bonds is 0. The number of carbonyl (C=O) groups is 1. The third-order valence-electron chi connectivity index (χ3n) is 0.696. The fourth-order valence-electron chi connectivity index (χ4n) is 0.415. The first-order chi connectivity index (χ1) is 2.89. The summed E-state index contributed by atoms with van der Waals surface area (Å²) >= 11 is 0. The second kappa shape index (κ2) is 1.16. The van der Waals surface area contributed by atoms with Crippen LogP contribution < -0.4 is 10.6 Å². The Morgan fingerprint density at radius 2 is 2.00 bits per heavy atom. The first-order valence-corrected chi connectivity index (χ1v) is 1.91. The van der Waals surface area contributed by atoms with E-state index in [2.05, 4.69) is 10.6 Å². The lowest BCUT2D eigenvalue weighted by molar-refractivity contribution is 0.248. The van der Waals surface area contributed by atoms with Crippen molar-refractivity contribution in [2.45, 2.75) is 0 Å². The molecule has 0 spiro atoms. The molecule has 1 aliphatic rings. The third-order valence-corrected chi connectivity index (χ3v) is 0.696. The van der Waals surface area contributed by atoms with E-state index in [4.69, 9.17) is 0 Å². The SMILES string of the molecule is O=C1NCCN1.[H]. The van der Waals surface area contributed by atoms with Crippen molar-refractivity contribution in [3.63, 3.8) is 0 Å². The maximum atomic E-state index is 10.0. The lowest BCUT2D eigenvalue weighted by atomic mass is 10.7. The van der Waals surface area contributed by atoms with E-state index in [1.165, 1.54) is 0 Å². The summed E-state index contributed by atoms with van der Waals surface area (Å²) in [4.78, 5) is 10.0. The molecule has 1 fully saturated rings. The molecule has 0 aromatic rings. The Hall–Kier alpha value is -0.730. The molecule has 1 rings (SSSR count). The number of amides is 2. The average Bonchev–Trinajstić information content (AvgIpc) is 1.86. The van der Waals surface area contributed by atoms with Crippen molar-refractivity contribution in [2.24, 2.45) is 0 Å². The van der Waals surface area contributed by atoms with Gasteiger partial charge in [0.05, 0.1) is 0 Å². The molecule has 1 radical (unpaired) electrons. The first-order valence-electron chi connectivity index (χ1n) is 1.91. The number of hydrogen-bond donors (Lipinski definition) is 2. The minimum Gasteiger partial charge on any atom is -0.336 e. The van der Waals surface area contributed by atoms with Crippen LogP contribution >= 0.6 is 0 Å². The zero-order valence-corrected chi connectivity index (χ0v) is 3.32. The van der Waals surface area contributed by atoms with Gasteiger partial charge in [-0.25, -0.2) is 4.79 Å². The van der Waals surface area contributed by atoms with Gasteiger partial charge in [0.2, 0.25) is 0 Å². The average molecular weight is 87.1 g/mol. The van der Waals surface area contributed by atoms with E-state index in [-0.39, 0.29) is 7.46 Å². The van der Waals surface area contributed by atoms with Gasteiger partial charge in [-0.15, -0.1) is 0 Å². The van der Waals surface area contributed by atoms with Crippen LogP contribution in [-0.2, 0) is 0 Å². The van der Waals surface area contributed by atoms with E-state index in [1.54, 1.807) is 0 Å². The van der Waals surface area contributed by atoms with E-state index < -0.39 is 0 Å². The smallest absolute Gasteiger partial charge is 0.314 e. The monoisotopic (exact) mass is 87.1 g/mol. The summed E-state index contributed by atoms with van der Waals surface area (Å²) in [7, 11) is 0. The van der Waals surface area contributed by atoms with Gasteiger partial charge < -0.3 is 10.6 Å². The summed E-state index contributed by atoms with van der Waals surface area (Å²) in [6, 6.07) is -0.0463. The zero-order valence-electron chi connectivity index (χ0n) is 4.32. The molecule has 1 saturated heterocycles. The highest BCUT2D eigenvalue weighted by Gasteiger charge is 2.02. The fraction of sp³-hybridized carbons (Fsp3) is 0.667. The Balaban J connectivity index is 0.000000360. The molecule has 2 N–H and O–H groups in total. The predicted octanol–water partition coefficient (Wildman–Crippen LogP) is -0.588. The van der Waals surface area contributed by atoms with Crippen LogP contribution in [0.3, 0.4) is 0 Å². The molecular weight excluding hydrogens is 80.0 g/mol. The summed E-state index contributed by atoms with van der Waals surface area (Å²) < 4.78 is 0. The highest BCUT2D eigenvalue weighted by Crippen LogP contribution is 1.69. The Bertz CT molecular complexity index is 67.3. The molecule has 3 nitrogen and oxygen atoms in total. The lowest BCUT2D eigenvalue weighted by Gasteiger charge is -1.80. The van der Waals surface area contributed by atoms with Gasteiger partial charge in [0.1, 0.15) is 0 Å². The van der Waals surface area contributed by atoms with Gasteiger partial charge in [0.25, 0.3) is 0 Å². The molecule has 0 aromatic carbocycles. The van der Waals surface area contributed by atoms with Gasteiger partial charge >= 0.3 is 6.03 Å². The van der Waals surface area contributed by atoms with E-state index >= 15 is 0 Å². The molecular formula is C3H7N2O. The molecule has 0 bridgehead atoms. The van der Waals surface area contributed by atoms with Crippen LogP contribution in [0.25, 0.3) is 0 Å². The van der Waals surface area contributed by atoms with Crippen molar-refractivity contribution in [3.8, 4) is 0 Å². The highest BCUT2D eigenvalue weighted by atomic mass is 16.2. The van der Waals surface area contributed by atoms with Crippen LogP contribution in [0.15, 0.2) is 0 Å². The molecule has 3 heteroatoms. The molecule has 0 saturated carbocycles. The van der Waals surface area contributed by atoms with Crippen LogP contribution in [0.1, 0.15) is 1.43 Å². The van der Waals surface area contributed by atoms with Crippen molar-refractivity contribution in [1.29, 1.82) is 0 Å². The van der Waals surface area contributed by atoms with Gasteiger partial charge in [0.15, 0.2) is 0 Å². The van der Waals surface area contributed by atoms with Crippen molar-refractivity contribution < 1.29 is 6.22 Å². The summed E-state index contributed by atoms with van der Waals surface area (Å²) in [6.45, 7) is 1.55. The molecule has 6 heavy (non-hydrogen) atoms. The minimum absolute atomic E-state index is 0.